The van der Waals surface area contributed by atoms with Crippen molar-refractivity contribution in [2.75, 3.05) is 13.7 Å². The molecular formula is C20H18Br2N4O4. The molecule has 3 rings (SSSR count). The van der Waals surface area contributed by atoms with E-state index in [-0.39, 0.29) is 17.9 Å². The van der Waals surface area contributed by atoms with Crippen molar-refractivity contribution in [2.45, 2.75) is 13.3 Å². The van der Waals surface area contributed by atoms with Gasteiger partial charge in [0.05, 0.1) is 24.2 Å². The number of carbonyl (C=O) groups is 1. The van der Waals surface area contributed by atoms with E-state index in [0.29, 0.717) is 38.9 Å². The molecule has 0 aliphatic rings. The summed E-state index contributed by atoms with van der Waals surface area (Å²) in [7, 11) is 1.48. The molecule has 30 heavy (non-hydrogen) atoms. The van der Waals surface area contributed by atoms with Crippen molar-refractivity contribution in [2.24, 2.45) is 10.8 Å². The minimum absolute atomic E-state index is 0.283. The summed E-state index contributed by atoms with van der Waals surface area (Å²) in [4.78, 5) is 28.7. The molecule has 0 atom stereocenters. The Hall–Kier alpha value is -2.72. The molecule has 0 radical (unpaired) electrons. The third-order valence-corrected chi connectivity index (χ3v) is 5.08. The average molecular weight is 538 g/mol. The molecule has 1 aromatic heterocycles. The first-order valence-corrected chi connectivity index (χ1v) is 10.5. The number of benzene rings is 2. The molecule has 0 fully saturated rings. The number of nitrogens with two attached hydrogens (primary N) is 1. The number of halogens is 2. The minimum Gasteiger partial charge on any atom is -0.493 e. The molecule has 0 aliphatic heterocycles. The van der Waals surface area contributed by atoms with Crippen molar-refractivity contribution < 1.29 is 14.3 Å². The maximum absolute atomic E-state index is 13.0. The Morgan fingerprint density at radius 1 is 1.27 bits per heavy atom. The highest BCUT2D eigenvalue weighted by Gasteiger charge is 2.14. The second-order valence-electron chi connectivity index (χ2n) is 6.19. The van der Waals surface area contributed by atoms with Crippen LogP contribution in [0.5, 0.6) is 11.5 Å². The number of methoxy groups -OCH3 is 1. The van der Waals surface area contributed by atoms with Crippen molar-refractivity contribution in [3.05, 3.63) is 61.0 Å². The molecule has 2 N–H and O–H groups in total. The van der Waals surface area contributed by atoms with Gasteiger partial charge in [0, 0.05) is 20.9 Å². The molecule has 0 spiro atoms. The third-order valence-electron chi connectivity index (χ3n) is 4.13. The van der Waals surface area contributed by atoms with Crippen LogP contribution in [0.2, 0.25) is 0 Å². The van der Waals surface area contributed by atoms with Gasteiger partial charge in [0.25, 0.3) is 11.5 Å². The summed E-state index contributed by atoms with van der Waals surface area (Å²) in [6.07, 6.45) is 1.96. The van der Waals surface area contributed by atoms with E-state index in [0.717, 1.165) is 4.47 Å². The summed E-state index contributed by atoms with van der Waals surface area (Å²) in [5, 5.41) is 4.80. The lowest BCUT2D eigenvalue weighted by Crippen LogP contribution is -2.22. The molecule has 10 heteroatoms. The van der Waals surface area contributed by atoms with Gasteiger partial charge in [0.2, 0.25) is 0 Å². The molecule has 3 aromatic rings. The number of carbonyl (C=O) groups excluding carboxylic acids is 1. The van der Waals surface area contributed by atoms with Gasteiger partial charge in [-0.15, -0.1) is 0 Å². The Bertz CT molecular complexity index is 1210. The second-order valence-corrected chi connectivity index (χ2v) is 8.02. The van der Waals surface area contributed by atoms with Crippen LogP contribution in [-0.2, 0) is 11.2 Å². The zero-order valence-corrected chi connectivity index (χ0v) is 19.4. The number of ether oxygens (including phenoxy) is 2. The third kappa shape index (κ3) is 4.71. The predicted molar refractivity (Wildman–Crippen MR) is 121 cm³/mol. The van der Waals surface area contributed by atoms with Crippen LogP contribution >= 0.6 is 31.9 Å². The first kappa shape index (κ1) is 22.0. The highest BCUT2D eigenvalue weighted by molar-refractivity contribution is 9.10. The van der Waals surface area contributed by atoms with Gasteiger partial charge in [-0.3, -0.25) is 9.59 Å². The zero-order chi connectivity index (χ0) is 21.8. The Morgan fingerprint density at radius 2 is 2.03 bits per heavy atom. The molecule has 0 saturated carbocycles. The second kappa shape index (κ2) is 9.40. The fraction of sp³-hybridized carbons (Fsp3) is 0.200. The predicted octanol–water partition coefficient (Wildman–Crippen LogP) is 3.24. The fourth-order valence-corrected chi connectivity index (χ4v) is 3.61. The van der Waals surface area contributed by atoms with Gasteiger partial charge in [0.15, 0.2) is 18.1 Å². The lowest BCUT2D eigenvalue weighted by molar-refractivity contribution is -0.119. The van der Waals surface area contributed by atoms with E-state index >= 15 is 0 Å². The summed E-state index contributed by atoms with van der Waals surface area (Å²) in [6, 6.07) is 8.73. The molecule has 1 amide bonds. The molecule has 0 unspecified atom stereocenters. The number of fused-ring (bicyclic) bond motifs is 1. The van der Waals surface area contributed by atoms with E-state index in [1.807, 2.05) is 13.0 Å². The molecule has 0 aliphatic carbocycles. The Labute approximate surface area is 188 Å². The minimum atomic E-state index is -0.628. The van der Waals surface area contributed by atoms with Gasteiger partial charge in [0.1, 0.15) is 5.82 Å². The summed E-state index contributed by atoms with van der Waals surface area (Å²) in [6.45, 7) is 1.56. The number of nitrogens with zero attached hydrogens (tertiary/aromatic N) is 3. The van der Waals surface area contributed by atoms with Crippen LogP contribution in [0.3, 0.4) is 0 Å². The number of amides is 1. The monoisotopic (exact) mass is 536 g/mol. The van der Waals surface area contributed by atoms with E-state index in [9.17, 15) is 9.59 Å². The highest BCUT2D eigenvalue weighted by Crippen LogP contribution is 2.34. The number of aromatic nitrogens is 2. The van der Waals surface area contributed by atoms with Crippen molar-refractivity contribution in [1.82, 2.24) is 9.66 Å². The smallest absolute Gasteiger partial charge is 0.282 e. The van der Waals surface area contributed by atoms with E-state index in [1.54, 1.807) is 24.3 Å². The van der Waals surface area contributed by atoms with Gasteiger partial charge < -0.3 is 15.2 Å². The number of aryl methyl sites for hydroxylation is 1. The van der Waals surface area contributed by atoms with Crippen molar-refractivity contribution in [1.29, 1.82) is 0 Å². The molecule has 8 nitrogen and oxygen atoms in total. The maximum Gasteiger partial charge on any atom is 0.282 e. The maximum atomic E-state index is 13.0. The SMILES string of the molecule is CCc1nc2ccc(Br)cc2c(=O)n1N=Cc1cc(Br)cc(OC)c1OCC(N)=O. The van der Waals surface area contributed by atoms with Crippen LogP contribution in [0.1, 0.15) is 18.3 Å². The van der Waals surface area contributed by atoms with Gasteiger partial charge in [-0.25, -0.2) is 4.98 Å². The lowest BCUT2D eigenvalue weighted by atomic mass is 10.2. The molecule has 0 saturated heterocycles. The summed E-state index contributed by atoms with van der Waals surface area (Å²) >= 11 is 6.78. The van der Waals surface area contributed by atoms with Gasteiger partial charge >= 0.3 is 0 Å². The summed E-state index contributed by atoms with van der Waals surface area (Å²) in [5.41, 5.74) is 5.99. The van der Waals surface area contributed by atoms with E-state index < -0.39 is 5.91 Å². The Kier molecular flexibility index (Phi) is 6.88. The average Bonchev–Trinajstić information content (AvgIpc) is 2.71. The Morgan fingerprint density at radius 3 is 2.70 bits per heavy atom. The lowest BCUT2D eigenvalue weighted by Gasteiger charge is -2.13. The topological polar surface area (TPSA) is 109 Å². The van der Waals surface area contributed by atoms with Gasteiger partial charge in [-0.1, -0.05) is 38.8 Å². The largest absolute Gasteiger partial charge is 0.493 e. The summed E-state index contributed by atoms with van der Waals surface area (Å²) in [5.74, 6) is 0.547. The number of hydrogen-bond acceptors (Lipinski definition) is 6. The zero-order valence-electron chi connectivity index (χ0n) is 16.2. The van der Waals surface area contributed by atoms with Crippen LogP contribution in [0, 0.1) is 0 Å². The first-order chi connectivity index (χ1) is 14.3. The fourth-order valence-electron chi connectivity index (χ4n) is 2.80. The van der Waals surface area contributed by atoms with E-state index in [2.05, 4.69) is 41.9 Å². The van der Waals surface area contributed by atoms with Crippen molar-refractivity contribution in [3.63, 3.8) is 0 Å². The van der Waals surface area contributed by atoms with Crippen molar-refractivity contribution >= 4 is 54.9 Å². The van der Waals surface area contributed by atoms with Crippen LogP contribution in [0.15, 0.2) is 49.2 Å². The highest BCUT2D eigenvalue weighted by atomic mass is 79.9. The standard InChI is InChI=1S/C20H18Br2N4O4/c1-3-18-25-15-5-4-12(21)7-14(15)20(28)26(18)24-9-11-6-13(22)8-16(29-2)19(11)30-10-17(23)27/h4-9H,3,10H2,1-2H3,(H2,23,27). The van der Waals surface area contributed by atoms with E-state index in [4.69, 9.17) is 15.2 Å². The quantitative estimate of drug-likeness (QED) is 0.465. The Balaban J connectivity index is 2.14. The van der Waals surface area contributed by atoms with Gasteiger partial charge in [-0.05, 0) is 30.3 Å². The number of primary amides is 1. The summed E-state index contributed by atoms with van der Waals surface area (Å²) < 4.78 is 13.6. The van der Waals surface area contributed by atoms with Crippen LogP contribution in [0.4, 0.5) is 0 Å². The van der Waals surface area contributed by atoms with Crippen LogP contribution in [0.25, 0.3) is 10.9 Å². The molecule has 156 valence electrons. The van der Waals surface area contributed by atoms with Crippen LogP contribution in [-0.4, -0.2) is 35.5 Å². The normalized spacial score (nSPS) is 11.2. The molecular weight excluding hydrogens is 520 g/mol. The molecule has 2 aromatic carbocycles. The van der Waals surface area contributed by atoms with Crippen molar-refractivity contribution in [3.8, 4) is 11.5 Å². The number of hydrogen-bond donors (Lipinski definition) is 1. The van der Waals surface area contributed by atoms with Gasteiger partial charge in [-0.2, -0.15) is 9.78 Å². The van der Waals surface area contributed by atoms with Crippen LogP contribution < -0.4 is 20.8 Å². The molecule has 1 heterocycles. The number of rotatable bonds is 7. The first-order valence-electron chi connectivity index (χ1n) is 8.88. The van der Waals surface area contributed by atoms with E-state index in [1.165, 1.54) is 18.0 Å². The molecule has 0 bridgehead atoms.